The number of aromatic nitrogens is 2. The number of rotatable bonds is 4. The van der Waals surface area contributed by atoms with Crippen LogP contribution in [0.3, 0.4) is 0 Å². The number of fused-ring (bicyclic) bond motifs is 1. The minimum Gasteiger partial charge on any atom is -0.368 e. The van der Waals surface area contributed by atoms with Gasteiger partial charge in [0.05, 0.1) is 0 Å². The van der Waals surface area contributed by atoms with E-state index in [4.69, 9.17) is 0 Å². The molecule has 0 radical (unpaired) electrons. The summed E-state index contributed by atoms with van der Waals surface area (Å²) in [5.41, 5.74) is 1.10. The number of nitrogens with one attached hydrogen (secondary N) is 2. The van der Waals surface area contributed by atoms with E-state index in [0.717, 1.165) is 37.4 Å². The Labute approximate surface area is 172 Å². The van der Waals surface area contributed by atoms with E-state index in [-0.39, 0.29) is 23.6 Å². The van der Waals surface area contributed by atoms with Crippen molar-refractivity contribution in [3.05, 3.63) is 65.5 Å². The molecule has 30 heavy (non-hydrogen) atoms. The van der Waals surface area contributed by atoms with Crippen molar-refractivity contribution in [3.63, 3.8) is 0 Å². The maximum atomic E-state index is 13.0. The standard InChI is InChI=1S/C22H23F3N4O/c1-14-5-7-15(8-6-14)21(30)27-17-11-9-16(10-12-17)26-19-3-2-4-20-28-18(13-29(19)20)22(23,24)25/h2-8,13,16-17,26H,9-12H2,1H3,(H,27,30). The lowest BCUT2D eigenvalue weighted by molar-refractivity contribution is -0.140. The molecule has 2 aromatic heterocycles. The number of hydrogen-bond donors (Lipinski definition) is 2. The van der Waals surface area contributed by atoms with Crippen LogP contribution in [0.1, 0.15) is 47.3 Å². The SMILES string of the molecule is Cc1ccc(C(=O)NC2CCC(Nc3cccc4nc(C(F)(F)F)cn34)CC2)cc1. The van der Waals surface area contributed by atoms with Gasteiger partial charge in [0.2, 0.25) is 0 Å². The number of carbonyl (C=O) groups is 1. The summed E-state index contributed by atoms with van der Waals surface area (Å²) >= 11 is 0. The van der Waals surface area contributed by atoms with E-state index in [0.29, 0.717) is 11.4 Å². The second-order valence-electron chi connectivity index (χ2n) is 7.80. The van der Waals surface area contributed by atoms with Crippen LogP contribution in [0.25, 0.3) is 5.65 Å². The third-order valence-corrected chi connectivity index (χ3v) is 5.51. The zero-order chi connectivity index (χ0) is 21.3. The third kappa shape index (κ3) is 4.42. The molecule has 0 unspecified atom stereocenters. The smallest absolute Gasteiger partial charge is 0.368 e. The van der Waals surface area contributed by atoms with Gasteiger partial charge in [-0.2, -0.15) is 13.2 Å². The van der Waals surface area contributed by atoms with Gasteiger partial charge in [-0.05, 0) is 56.9 Å². The predicted octanol–water partition coefficient (Wildman–Crippen LogP) is 4.81. The van der Waals surface area contributed by atoms with Gasteiger partial charge >= 0.3 is 6.18 Å². The number of halogens is 3. The summed E-state index contributed by atoms with van der Waals surface area (Å²) in [6.07, 6.45) is -0.208. The van der Waals surface area contributed by atoms with Crippen molar-refractivity contribution in [2.45, 2.75) is 50.9 Å². The van der Waals surface area contributed by atoms with Crippen molar-refractivity contribution in [2.75, 3.05) is 5.32 Å². The highest BCUT2D eigenvalue weighted by atomic mass is 19.4. The summed E-state index contributed by atoms with van der Waals surface area (Å²) in [7, 11) is 0. The molecule has 0 aliphatic heterocycles. The lowest BCUT2D eigenvalue weighted by Gasteiger charge is -2.30. The van der Waals surface area contributed by atoms with Gasteiger partial charge < -0.3 is 10.6 Å². The van der Waals surface area contributed by atoms with Gasteiger partial charge in [0.15, 0.2) is 5.69 Å². The van der Waals surface area contributed by atoms with Gasteiger partial charge in [0.25, 0.3) is 5.91 Å². The van der Waals surface area contributed by atoms with Crippen LogP contribution in [0.2, 0.25) is 0 Å². The second kappa shape index (κ2) is 8.01. The number of anilines is 1. The molecule has 1 saturated carbocycles. The quantitative estimate of drug-likeness (QED) is 0.642. The zero-order valence-electron chi connectivity index (χ0n) is 16.5. The maximum Gasteiger partial charge on any atom is 0.434 e. The highest BCUT2D eigenvalue weighted by Crippen LogP contribution is 2.30. The summed E-state index contributed by atoms with van der Waals surface area (Å²) in [5.74, 6) is 0.511. The highest BCUT2D eigenvalue weighted by molar-refractivity contribution is 5.94. The molecule has 1 amide bonds. The Balaban J connectivity index is 1.36. The average Bonchev–Trinajstić information content (AvgIpc) is 3.16. The lowest BCUT2D eigenvalue weighted by Crippen LogP contribution is -2.40. The Morgan fingerprint density at radius 3 is 2.37 bits per heavy atom. The van der Waals surface area contributed by atoms with Gasteiger partial charge in [0, 0.05) is 23.8 Å². The Morgan fingerprint density at radius 1 is 1.03 bits per heavy atom. The van der Waals surface area contributed by atoms with Crippen LogP contribution in [-0.4, -0.2) is 27.4 Å². The molecule has 3 aromatic rings. The number of aryl methyl sites for hydroxylation is 1. The molecule has 1 fully saturated rings. The van der Waals surface area contributed by atoms with Crippen molar-refractivity contribution in [1.29, 1.82) is 0 Å². The van der Waals surface area contributed by atoms with E-state index in [1.165, 1.54) is 4.40 Å². The molecule has 2 heterocycles. The van der Waals surface area contributed by atoms with Gasteiger partial charge in [-0.15, -0.1) is 0 Å². The number of benzene rings is 1. The van der Waals surface area contributed by atoms with Crippen LogP contribution >= 0.6 is 0 Å². The van der Waals surface area contributed by atoms with Crippen molar-refractivity contribution in [2.24, 2.45) is 0 Å². The average molecular weight is 416 g/mol. The topological polar surface area (TPSA) is 58.4 Å². The number of pyridine rings is 1. The molecule has 0 bridgehead atoms. The van der Waals surface area contributed by atoms with Gasteiger partial charge in [-0.3, -0.25) is 9.20 Å². The molecule has 0 spiro atoms. The van der Waals surface area contributed by atoms with Crippen molar-refractivity contribution >= 4 is 17.4 Å². The van der Waals surface area contributed by atoms with E-state index in [9.17, 15) is 18.0 Å². The maximum absolute atomic E-state index is 13.0. The van der Waals surface area contributed by atoms with Crippen LogP contribution in [-0.2, 0) is 6.18 Å². The molecule has 4 rings (SSSR count). The largest absolute Gasteiger partial charge is 0.434 e. The van der Waals surface area contributed by atoms with Crippen LogP contribution in [0, 0.1) is 6.92 Å². The Kier molecular flexibility index (Phi) is 5.40. The summed E-state index contributed by atoms with van der Waals surface area (Å²) in [6, 6.07) is 12.7. The lowest BCUT2D eigenvalue weighted by atomic mass is 9.91. The first-order valence-corrected chi connectivity index (χ1v) is 9.99. The monoisotopic (exact) mass is 416 g/mol. The molecule has 1 aromatic carbocycles. The minimum absolute atomic E-state index is 0.0747. The van der Waals surface area contributed by atoms with E-state index >= 15 is 0 Å². The number of hydrogen-bond acceptors (Lipinski definition) is 3. The molecule has 2 N–H and O–H groups in total. The first-order chi connectivity index (χ1) is 14.3. The summed E-state index contributed by atoms with van der Waals surface area (Å²) in [4.78, 5) is 16.1. The summed E-state index contributed by atoms with van der Waals surface area (Å²) < 4.78 is 40.4. The fourth-order valence-corrected chi connectivity index (χ4v) is 3.83. The van der Waals surface area contributed by atoms with Crippen LogP contribution in [0.5, 0.6) is 0 Å². The van der Waals surface area contributed by atoms with E-state index in [1.807, 2.05) is 31.2 Å². The Hall–Kier alpha value is -3.03. The molecule has 5 nitrogen and oxygen atoms in total. The fraction of sp³-hybridized carbons (Fsp3) is 0.364. The van der Waals surface area contributed by atoms with Gasteiger partial charge in [0.1, 0.15) is 11.5 Å². The first-order valence-electron chi connectivity index (χ1n) is 9.99. The second-order valence-corrected chi connectivity index (χ2v) is 7.80. The first kappa shape index (κ1) is 20.3. The molecule has 1 aliphatic rings. The van der Waals surface area contributed by atoms with Crippen LogP contribution in [0.4, 0.5) is 19.0 Å². The summed E-state index contributed by atoms with van der Waals surface area (Å²) in [5, 5.41) is 6.43. The molecule has 0 saturated heterocycles. The Bertz CT molecular complexity index is 1030. The van der Waals surface area contributed by atoms with E-state index in [1.54, 1.807) is 18.2 Å². The van der Waals surface area contributed by atoms with Crippen molar-refractivity contribution < 1.29 is 18.0 Å². The van der Waals surface area contributed by atoms with E-state index in [2.05, 4.69) is 15.6 Å². The molecular formula is C22H23F3N4O. The zero-order valence-corrected chi connectivity index (χ0v) is 16.5. The summed E-state index contributed by atoms with van der Waals surface area (Å²) in [6.45, 7) is 1.98. The Morgan fingerprint density at radius 2 is 1.70 bits per heavy atom. The van der Waals surface area contributed by atoms with Crippen molar-refractivity contribution in [3.8, 4) is 0 Å². The number of nitrogens with zero attached hydrogens (tertiary/aromatic N) is 2. The van der Waals surface area contributed by atoms with Gasteiger partial charge in [-0.25, -0.2) is 4.98 Å². The minimum atomic E-state index is -4.48. The van der Waals surface area contributed by atoms with Gasteiger partial charge in [-0.1, -0.05) is 23.8 Å². The van der Waals surface area contributed by atoms with Crippen LogP contribution < -0.4 is 10.6 Å². The number of alkyl halides is 3. The molecule has 1 aliphatic carbocycles. The fourth-order valence-electron chi connectivity index (χ4n) is 3.83. The predicted molar refractivity (Wildman–Crippen MR) is 109 cm³/mol. The number of imidazole rings is 1. The molecular weight excluding hydrogens is 393 g/mol. The molecule has 0 atom stereocenters. The highest BCUT2D eigenvalue weighted by Gasteiger charge is 2.34. The van der Waals surface area contributed by atoms with E-state index < -0.39 is 11.9 Å². The molecule has 158 valence electrons. The number of amides is 1. The van der Waals surface area contributed by atoms with Crippen molar-refractivity contribution in [1.82, 2.24) is 14.7 Å². The normalized spacial score (nSPS) is 19.6. The van der Waals surface area contributed by atoms with Crippen LogP contribution in [0.15, 0.2) is 48.7 Å². The number of carbonyl (C=O) groups excluding carboxylic acids is 1. The third-order valence-electron chi connectivity index (χ3n) is 5.51. The molecule has 8 heteroatoms.